The first-order valence-corrected chi connectivity index (χ1v) is 6.85. The molecule has 0 atom stereocenters. The van der Waals surface area contributed by atoms with Crippen molar-refractivity contribution in [3.63, 3.8) is 0 Å². The van der Waals surface area contributed by atoms with Crippen LogP contribution < -0.4 is 0 Å². The number of nitrogens with zero attached hydrogens (tertiary/aromatic N) is 2. The fourth-order valence-corrected chi connectivity index (χ4v) is 1.20. The quantitative estimate of drug-likeness (QED) is 0.125. The molecule has 0 spiro atoms. The van der Waals surface area contributed by atoms with E-state index in [1.54, 1.807) is 0 Å². The van der Waals surface area contributed by atoms with Crippen molar-refractivity contribution in [1.82, 2.24) is 10.1 Å². The molecular weight excluding hydrogens is 324 g/mol. The van der Waals surface area contributed by atoms with E-state index in [0.717, 1.165) is 22.3 Å². The van der Waals surface area contributed by atoms with Crippen molar-refractivity contribution in [3.05, 3.63) is 25.3 Å². The average molecular weight is 344 g/mol. The SMILES string of the molecule is C=CC(=O)OCCON(C=O)CCN(C=O)OCCOC(=O)C=C. The zero-order valence-electron chi connectivity index (χ0n) is 13.1. The summed E-state index contributed by atoms with van der Waals surface area (Å²) >= 11 is 0. The zero-order chi connectivity index (χ0) is 18.2. The molecule has 0 aliphatic rings. The van der Waals surface area contributed by atoms with Gasteiger partial charge in [-0.25, -0.2) is 19.7 Å². The highest BCUT2D eigenvalue weighted by atomic mass is 16.7. The molecule has 24 heavy (non-hydrogen) atoms. The van der Waals surface area contributed by atoms with Crippen molar-refractivity contribution in [2.45, 2.75) is 0 Å². The minimum absolute atomic E-state index is 0.0179. The van der Waals surface area contributed by atoms with E-state index in [1.807, 2.05) is 0 Å². The molecule has 0 saturated carbocycles. The van der Waals surface area contributed by atoms with Crippen LogP contribution in [0.5, 0.6) is 0 Å². The molecule has 2 amide bonds. The van der Waals surface area contributed by atoms with Gasteiger partial charge in [-0.15, -0.1) is 0 Å². The molecule has 0 radical (unpaired) electrons. The molecule has 0 aliphatic carbocycles. The van der Waals surface area contributed by atoms with Gasteiger partial charge >= 0.3 is 11.9 Å². The Kier molecular flexibility index (Phi) is 12.3. The molecule has 0 N–H and O–H groups in total. The summed E-state index contributed by atoms with van der Waals surface area (Å²) in [7, 11) is 0. The standard InChI is InChI=1S/C14H20N2O8/c1-3-13(19)21-7-9-23-15(11-17)5-6-16(12-18)24-10-8-22-14(20)4-2/h3-4,11-12H,1-2,5-10H2. The molecule has 0 rings (SSSR count). The highest BCUT2D eigenvalue weighted by molar-refractivity contribution is 5.81. The number of hydrogen-bond donors (Lipinski definition) is 0. The van der Waals surface area contributed by atoms with Crippen LogP contribution in [0.1, 0.15) is 0 Å². The molecule has 0 unspecified atom stereocenters. The fraction of sp³-hybridized carbons (Fsp3) is 0.429. The first-order chi connectivity index (χ1) is 11.6. The van der Waals surface area contributed by atoms with E-state index in [4.69, 9.17) is 9.68 Å². The van der Waals surface area contributed by atoms with E-state index in [0.29, 0.717) is 12.8 Å². The Labute approximate surface area is 139 Å². The third kappa shape index (κ3) is 10.9. The second kappa shape index (κ2) is 13.9. The predicted molar refractivity (Wildman–Crippen MR) is 79.8 cm³/mol. The van der Waals surface area contributed by atoms with Gasteiger partial charge in [0.2, 0.25) is 12.8 Å². The summed E-state index contributed by atoms with van der Waals surface area (Å²) < 4.78 is 9.33. The van der Waals surface area contributed by atoms with Gasteiger partial charge in [0.05, 0.1) is 13.1 Å². The highest BCUT2D eigenvalue weighted by Gasteiger charge is 2.08. The van der Waals surface area contributed by atoms with E-state index in [1.165, 1.54) is 0 Å². The van der Waals surface area contributed by atoms with Gasteiger partial charge in [-0.1, -0.05) is 13.2 Å². The van der Waals surface area contributed by atoms with Gasteiger partial charge in [0.15, 0.2) is 0 Å². The Hall–Kier alpha value is -2.72. The fourth-order valence-electron chi connectivity index (χ4n) is 1.20. The Morgan fingerprint density at radius 1 is 0.750 bits per heavy atom. The number of hydrogen-bond acceptors (Lipinski definition) is 8. The van der Waals surface area contributed by atoms with Gasteiger partial charge in [0.1, 0.15) is 26.4 Å². The Morgan fingerprint density at radius 3 is 1.42 bits per heavy atom. The van der Waals surface area contributed by atoms with Gasteiger partial charge < -0.3 is 9.47 Å². The van der Waals surface area contributed by atoms with Gasteiger partial charge in [0, 0.05) is 12.2 Å². The molecule has 0 fully saturated rings. The lowest BCUT2D eigenvalue weighted by Crippen LogP contribution is -2.35. The highest BCUT2D eigenvalue weighted by Crippen LogP contribution is 1.92. The van der Waals surface area contributed by atoms with Crippen LogP contribution in [-0.4, -0.2) is 74.4 Å². The normalized spacial score (nSPS) is 9.50. The van der Waals surface area contributed by atoms with E-state index >= 15 is 0 Å². The summed E-state index contributed by atoms with van der Waals surface area (Å²) in [6, 6.07) is 0. The maximum absolute atomic E-state index is 10.8. The second-order valence-electron chi connectivity index (χ2n) is 3.90. The third-order valence-corrected chi connectivity index (χ3v) is 2.28. The Bertz CT molecular complexity index is 400. The monoisotopic (exact) mass is 344 g/mol. The van der Waals surface area contributed by atoms with Gasteiger partial charge in [-0.2, -0.15) is 0 Å². The molecule has 0 aliphatic heterocycles. The number of carbonyl (C=O) groups is 4. The van der Waals surface area contributed by atoms with Crippen molar-refractivity contribution in [3.8, 4) is 0 Å². The lowest BCUT2D eigenvalue weighted by molar-refractivity contribution is -0.198. The first kappa shape index (κ1) is 21.3. The van der Waals surface area contributed by atoms with Crippen LogP contribution >= 0.6 is 0 Å². The summed E-state index contributed by atoms with van der Waals surface area (Å²) in [5.74, 6) is -1.21. The summed E-state index contributed by atoms with van der Waals surface area (Å²) in [6.45, 7) is 6.29. The van der Waals surface area contributed by atoms with Gasteiger partial charge in [-0.05, 0) is 0 Å². The Morgan fingerprint density at radius 2 is 1.12 bits per heavy atom. The van der Waals surface area contributed by atoms with Crippen molar-refractivity contribution in [2.24, 2.45) is 0 Å². The number of esters is 2. The lowest BCUT2D eigenvalue weighted by Gasteiger charge is -2.21. The maximum Gasteiger partial charge on any atom is 0.330 e. The number of carbonyl (C=O) groups excluding carboxylic acids is 4. The smallest absolute Gasteiger partial charge is 0.330 e. The first-order valence-electron chi connectivity index (χ1n) is 6.85. The number of rotatable bonds is 15. The number of ether oxygens (including phenoxy) is 2. The average Bonchev–Trinajstić information content (AvgIpc) is 2.61. The second-order valence-corrected chi connectivity index (χ2v) is 3.90. The van der Waals surface area contributed by atoms with Crippen molar-refractivity contribution < 1.29 is 38.3 Å². The molecule has 0 aromatic heterocycles. The van der Waals surface area contributed by atoms with E-state index in [-0.39, 0.29) is 39.5 Å². The van der Waals surface area contributed by atoms with Crippen molar-refractivity contribution in [1.29, 1.82) is 0 Å². The van der Waals surface area contributed by atoms with Crippen LogP contribution in [0.2, 0.25) is 0 Å². The zero-order valence-corrected chi connectivity index (χ0v) is 13.1. The number of hydroxylamine groups is 4. The molecule has 134 valence electrons. The third-order valence-electron chi connectivity index (χ3n) is 2.28. The van der Waals surface area contributed by atoms with Crippen molar-refractivity contribution >= 4 is 24.8 Å². The van der Waals surface area contributed by atoms with E-state index < -0.39 is 11.9 Å². The number of amides is 2. The largest absolute Gasteiger partial charge is 0.460 e. The molecule has 0 heterocycles. The molecule has 0 aromatic carbocycles. The summed E-state index contributed by atoms with van der Waals surface area (Å²) in [5.41, 5.74) is 0. The predicted octanol–water partition coefficient (Wildman–Crippen LogP) is -0.775. The minimum Gasteiger partial charge on any atom is -0.460 e. The van der Waals surface area contributed by atoms with Crippen LogP contribution in [0.3, 0.4) is 0 Å². The molecule has 10 heteroatoms. The molecular formula is C14H20N2O8. The summed E-state index contributed by atoms with van der Waals surface area (Å²) in [5, 5.41) is 1.83. The summed E-state index contributed by atoms with van der Waals surface area (Å²) in [6.07, 6.45) is 2.82. The summed E-state index contributed by atoms with van der Waals surface area (Å²) in [4.78, 5) is 53.3. The lowest BCUT2D eigenvalue weighted by atomic mass is 10.6. The maximum atomic E-state index is 10.8. The topological polar surface area (TPSA) is 112 Å². The minimum atomic E-state index is -0.603. The van der Waals surface area contributed by atoms with Crippen molar-refractivity contribution in [2.75, 3.05) is 39.5 Å². The molecule has 0 bridgehead atoms. The van der Waals surface area contributed by atoms with E-state index in [9.17, 15) is 19.2 Å². The van der Waals surface area contributed by atoms with Crippen LogP contribution in [0.4, 0.5) is 0 Å². The molecule has 0 aromatic rings. The molecule has 0 saturated heterocycles. The van der Waals surface area contributed by atoms with Gasteiger partial charge in [0.25, 0.3) is 0 Å². The van der Waals surface area contributed by atoms with Crippen LogP contribution in [0.25, 0.3) is 0 Å². The Balaban J connectivity index is 3.92. The van der Waals surface area contributed by atoms with Crippen LogP contribution in [-0.2, 0) is 38.3 Å². The van der Waals surface area contributed by atoms with Gasteiger partial charge in [-0.3, -0.25) is 19.3 Å². The van der Waals surface area contributed by atoms with E-state index in [2.05, 4.69) is 22.6 Å². The molecule has 10 nitrogen and oxygen atoms in total. The van der Waals surface area contributed by atoms with Crippen LogP contribution in [0, 0.1) is 0 Å². The van der Waals surface area contributed by atoms with Crippen LogP contribution in [0.15, 0.2) is 25.3 Å².